The molecule has 0 fully saturated rings. The third-order valence-electron chi connectivity index (χ3n) is 3.92. The molecule has 0 amide bonds. The number of benzene rings is 1. The van der Waals surface area contributed by atoms with Gasteiger partial charge in [-0.15, -0.1) is 0 Å². The lowest BCUT2D eigenvalue weighted by Crippen LogP contribution is -2.21. The van der Waals surface area contributed by atoms with Gasteiger partial charge in [0.25, 0.3) is 0 Å². The van der Waals surface area contributed by atoms with Gasteiger partial charge in [0.15, 0.2) is 0 Å². The van der Waals surface area contributed by atoms with Crippen molar-refractivity contribution in [2.45, 2.75) is 51.9 Å². The summed E-state index contributed by atoms with van der Waals surface area (Å²) in [5.41, 5.74) is 3.25. The minimum absolute atomic E-state index is 0.115. The van der Waals surface area contributed by atoms with E-state index in [0.717, 1.165) is 17.7 Å². The summed E-state index contributed by atoms with van der Waals surface area (Å²) in [5.74, 6) is -0.184. The molecule has 1 heterocycles. The molecule has 2 aromatic rings. The maximum Gasteiger partial charge on any atom is 0.123 e. The van der Waals surface area contributed by atoms with E-state index in [-0.39, 0.29) is 16.6 Å². The van der Waals surface area contributed by atoms with Crippen molar-refractivity contribution in [2.75, 3.05) is 0 Å². The molecule has 0 aliphatic rings. The van der Waals surface area contributed by atoms with Crippen molar-refractivity contribution in [1.82, 2.24) is 4.98 Å². The predicted molar refractivity (Wildman–Crippen MR) is 86.1 cm³/mol. The lowest BCUT2D eigenvalue weighted by Gasteiger charge is -2.25. The normalized spacial score (nSPS) is 12.5. The van der Waals surface area contributed by atoms with Crippen LogP contribution in [0.4, 0.5) is 4.39 Å². The summed E-state index contributed by atoms with van der Waals surface area (Å²) in [6.07, 6.45) is 2.75. The van der Waals surface area contributed by atoms with E-state index >= 15 is 0 Å². The van der Waals surface area contributed by atoms with E-state index in [1.165, 1.54) is 11.6 Å². The summed E-state index contributed by atoms with van der Waals surface area (Å²) in [7, 11) is 0. The Morgan fingerprint density at radius 3 is 2.19 bits per heavy atom. The molecule has 0 radical (unpaired) electrons. The van der Waals surface area contributed by atoms with Gasteiger partial charge in [-0.1, -0.05) is 52.8 Å². The average molecular weight is 285 g/mol. The van der Waals surface area contributed by atoms with E-state index in [1.807, 2.05) is 12.3 Å². The molecule has 0 atom stereocenters. The molecule has 2 heteroatoms. The lowest BCUT2D eigenvalue weighted by atomic mass is 9.80. The summed E-state index contributed by atoms with van der Waals surface area (Å²) in [6, 6.07) is 11.1. The number of halogens is 1. The fourth-order valence-electron chi connectivity index (χ4n) is 2.44. The summed E-state index contributed by atoms with van der Waals surface area (Å²) in [6.45, 7) is 10.8. The standard InChI is InChI=1S/C19H24FN/c1-18(2,3)15-9-10-17(21-13-15)12-19(4,5)14-7-6-8-16(20)11-14/h6-11,13H,12H2,1-5H3. The zero-order chi connectivity index (χ0) is 15.7. The van der Waals surface area contributed by atoms with Crippen molar-refractivity contribution in [3.05, 3.63) is 65.2 Å². The van der Waals surface area contributed by atoms with Gasteiger partial charge in [-0.2, -0.15) is 0 Å². The largest absolute Gasteiger partial charge is 0.261 e. The Balaban J connectivity index is 2.20. The molecule has 21 heavy (non-hydrogen) atoms. The van der Waals surface area contributed by atoms with Crippen molar-refractivity contribution in [3.8, 4) is 0 Å². The SMILES string of the molecule is CC(C)(C)c1ccc(CC(C)(C)c2cccc(F)c2)nc1. The second kappa shape index (κ2) is 5.59. The van der Waals surface area contributed by atoms with Gasteiger partial charge in [0, 0.05) is 11.9 Å². The van der Waals surface area contributed by atoms with Crippen LogP contribution < -0.4 is 0 Å². The first kappa shape index (κ1) is 15.7. The van der Waals surface area contributed by atoms with Crippen LogP contribution in [0.15, 0.2) is 42.6 Å². The van der Waals surface area contributed by atoms with E-state index in [4.69, 9.17) is 0 Å². The van der Waals surface area contributed by atoms with Crippen LogP contribution in [0.3, 0.4) is 0 Å². The Hall–Kier alpha value is -1.70. The molecule has 0 aliphatic heterocycles. The zero-order valence-electron chi connectivity index (χ0n) is 13.6. The molecular weight excluding hydrogens is 261 g/mol. The maximum absolute atomic E-state index is 13.4. The van der Waals surface area contributed by atoms with E-state index < -0.39 is 0 Å². The molecular formula is C19H24FN. The van der Waals surface area contributed by atoms with Gasteiger partial charge >= 0.3 is 0 Å². The molecule has 1 nitrogen and oxygen atoms in total. The van der Waals surface area contributed by atoms with Gasteiger partial charge < -0.3 is 0 Å². The van der Waals surface area contributed by atoms with Crippen molar-refractivity contribution in [1.29, 1.82) is 0 Å². The fourth-order valence-corrected chi connectivity index (χ4v) is 2.44. The Morgan fingerprint density at radius 1 is 0.952 bits per heavy atom. The molecule has 112 valence electrons. The lowest BCUT2D eigenvalue weighted by molar-refractivity contribution is 0.507. The topological polar surface area (TPSA) is 12.9 Å². The number of rotatable bonds is 3. The molecule has 0 bridgehead atoms. The van der Waals surface area contributed by atoms with Crippen molar-refractivity contribution in [2.24, 2.45) is 0 Å². The second-order valence-corrected chi connectivity index (χ2v) is 7.36. The Kier molecular flexibility index (Phi) is 4.18. The number of hydrogen-bond donors (Lipinski definition) is 0. The minimum atomic E-state index is -0.184. The highest BCUT2D eigenvalue weighted by Gasteiger charge is 2.22. The minimum Gasteiger partial charge on any atom is -0.261 e. The van der Waals surface area contributed by atoms with Crippen molar-refractivity contribution < 1.29 is 4.39 Å². The van der Waals surface area contributed by atoms with Crippen LogP contribution >= 0.6 is 0 Å². The first-order valence-corrected chi connectivity index (χ1v) is 7.40. The summed E-state index contributed by atoms with van der Waals surface area (Å²) in [5, 5.41) is 0. The van der Waals surface area contributed by atoms with Gasteiger partial charge in [-0.05, 0) is 46.6 Å². The number of hydrogen-bond acceptors (Lipinski definition) is 1. The molecule has 0 unspecified atom stereocenters. The van der Waals surface area contributed by atoms with Gasteiger partial charge in [0.2, 0.25) is 0 Å². The first-order chi connectivity index (χ1) is 9.68. The molecule has 0 N–H and O–H groups in total. The first-order valence-electron chi connectivity index (χ1n) is 7.40. The highest BCUT2D eigenvalue weighted by atomic mass is 19.1. The molecule has 2 rings (SSSR count). The van der Waals surface area contributed by atoms with Crippen LogP contribution in [-0.4, -0.2) is 4.98 Å². The van der Waals surface area contributed by atoms with Crippen LogP contribution in [0.1, 0.15) is 51.4 Å². The summed E-state index contributed by atoms with van der Waals surface area (Å²) < 4.78 is 13.4. The average Bonchev–Trinajstić information content (AvgIpc) is 2.38. The maximum atomic E-state index is 13.4. The highest BCUT2D eigenvalue weighted by molar-refractivity contribution is 5.28. The van der Waals surface area contributed by atoms with E-state index in [2.05, 4.69) is 51.7 Å². The predicted octanol–water partition coefficient (Wildman–Crippen LogP) is 5.04. The van der Waals surface area contributed by atoms with Crippen LogP contribution in [0, 0.1) is 5.82 Å². The molecule has 0 saturated carbocycles. The second-order valence-electron chi connectivity index (χ2n) is 7.36. The number of pyridine rings is 1. The third-order valence-corrected chi connectivity index (χ3v) is 3.92. The number of nitrogens with zero attached hydrogens (tertiary/aromatic N) is 1. The van der Waals surface area contributed by atoms with Crippen LogP contribution in [0.2, 0.25) is 0 Å². The smallest absolute Gasteiger partial charge is 0.123 e. The molecule has 0 spiro atoms. The van der Waals surface area contributed by atoms with Crippen molar-refractivity contribution in [3.63, 3.8) is 0 Å². The van der Waals surface area contributed by atoms with Gasteiger partial charge in [0.05, 0.1) is 0 Å². The summed E-state index contributed by atoms with van der Waals surface area (Å²) >= 11 is 0. The third kappa shape index (κ3) is 3.90. The van der Waals surface area contributed by atoms with Crippen LogP contribution in [0.5, 0.6) is 0 Å². The molecule has 0 saturated heterocycles. The van der Waals surface area contributed by atoms with Crippen LogP contribution in [-0.2, 0) is 17.3 Å². The van der Waals surface area contributed by atoms with E-state index in [1.54, 1.807) is 12.1 Å². The van der Waals surface area contributed by atoms with E-state index in [9.17, 15) is 4.39 Å². The fraction of sp³-hybridized carbons (Fsp3) is 0.421. The van der Waals surface area contributed by atoms with Gasteiger partial charge in [-0.3, -0.25) is 4.98 Å². The Bertz CT molecular complexity index is 606. The zero-order valence-corrected chi connectivity index (χ0v) is 13.6. The van der Waals surface area contributed by atoms with E-state index in [0.29, 0.717) is 0 Å². The Labute approximate surface area is 127 Å². The molecule has 0 aliphatic carbocycles. The highest BCUT2D eigenvalue weighted by Crippen LogP contribution is 2.28. The summed E-state index contributed by atoms with van der Waals surface area (Å²) in [4.78, 5) is 4.58. The van der Waals surface area contributed by atoms with Crippen molar-refractivity contribution >= 4 is 0 Å². The molecule has 1 aromatic carbocycles. The van der Waals surface area contributed by atoms with Gasteiger partial charge in [0.1, 0.15) is 5.82 Å². The molecule has 1 aromatic heterocycles. The quantitative estimate of drug-likeness (QED) is 0.770. The Morgan fingerprint density at radius 2 is 1.67 bits per heavy atom. The van der Waals surface area contributed by atoms with Gasteiger partial charge in [-0.25, -0.2) is 4.39 Å². The number of aromatic nitrogens is 1. The monoisotopic (exact) mass is 285 g/mol. The van der Waals surface area contributed by atoms with Crippen LogP contribution in [0.25, 0.3) is 0 Å².